The van der Waals surface area contributed by atoms with Crippen LogP contribution < -0.4 is 4.74 Å². The number of ether oxygens (including phenoxy) is 2. The second-order valence-electron chi connectivity index (χ2n) is 11.5. The third-order valence-corrected chi connectivity index (χ3v) is 9.63. The van der Waals surface area contributed by atoms with Crippen molar-refractivity contribution in [3.05, 3.63) is 77.5 Å². The van der Waals surface area contributed by atoms with Gasteiger partial charge in [0.05, 0.1) is 29.1 Å². The molecule has 6 rings (SSSR count). The number of nitrogens with zero attached hydrogens (tertiary/aromatic N) is 3. The summed E-state index contributed by atoms with van der Waals surface area (Å²) >= 11 is 0. The summed E-state index contributed by atoms with van der Waals surface area (Å²) in [6.07, 6.45) is 7.59. The van der Waals surface area contributed by atoms with Gasteiger partial charge in [0, 0.05) is 37.7 Å². The molecule has 1 saturated carbocycles. The molecule has 1 spiro atoms. The van der Waals surface area contributed by atoms with Crippen molar-refractivity contribution in [3.63, 3.8) is 0 Å². The standard InChI is InChI=1S/C30H32FN3O5S/c1-29(10-11-29)39-28(35)34-14-12-30(13-15-34)9-8-23-16-22(3-7-27(23)38-30)26-6-2-21(17-33-26)19-40(36,37)20-25-5-4-24(31)18-32-25/h2-7,16-18H,8-15,19-20H2,1H3. The lowest BCUT2D eigenvalue weighted by molar-refractivity contribution is -0.0201. The molecule has 1 aromatic carbocycles. The molecular weight excluding hydrogens is 533 g/mol. The summed E-state index contributed by atoms with van der Waals surface area (Å²) in [5.41, 5.74) is 3.17. The van der Waals surface area contributed by atoms with Gasteiger partial charge in [-0.15, -0.1) is 0 Å². The monoisotopic (exact) mass is 565 g/mol. The number of hydrogen-bond acceptors (Lipinski definition) is 7. The summed E-state index contributed by atoms with van der Waals surface area (Å²) in [5, 5.41) is 0. The minimum absolute atomic E-state index is 0.173. The number of likely N-dealkylation sites (tertiary alicyclic amines) is 1. The molecule has 1 saturated heterocycles. The molecule has 0 radical (unpaired) electrons. The van der Waals surface area contributed by atoms with Crippen LogP contribution in [0, 0.1) is 5.82 Å². The summed E-state index contributed by atoms with van der Waals surface area (Å²) in [6, 6.07) is 12.2. The van der Waals surface area contributed by atoms with Crippen molar-refractivity contribution < 1.29 is 27.1 Å². The molecule has 0 atom stereocenters. The largest absolute Gasteiger partial charge is 0.487 e. The lowest BCUT2D eigenvalue weighted by Gasteiger charge is -2.44. The lowest BCUT2D eigenvalue weighted by atomic mass is 9.83. The molecule has 210 valence electrons. The SMILES string of the molecule is CC1(OC(=O)N2CCC3(CCc4cc(-c5ccc(CS(=O)(=O)Cc6ccc(F)cn6)cn5)ccc4O3)CC2)CC1. The lowest BCUT2D eigenvalue weighted by Crippen LogP contribution is -2.51. The smallest absolute Gasteiger partial charge is 0.410 e. The van der Waals surface area contributed by atoms with E-state index in [9.17, 15) is 17.6 Å². The molecule has 8 nitrogen and oxygen atoms in total. The van der Waals surface area contributed by atoms with Crippen molar-refractivity contribution in [1.29, 1.82) is 0 Å². The van der Waals surface area contributed by atoms with E-state index in [1.54, 1.807) is 17.2 Å². The Morgan fingerprint density at radius 2 is 1.80 bits per heavy atom. The summed E-state index contributed by atoms with van der Waals surface area (Å²) in [4.78, 5) is 22.6. The fourth-order valence-electron chi connectivity index (χ4n) is 5.39. The van der Waals surface area contributed by atoms with E-state index < -0.39 is 15.7 Å². The maximum absolute atomic E-state index is 13.1. The Morgan fingerprint density at radius 1 is 1.00 bits per heavy atom. The fourth-order valence-corrected chi connectivity index (χ4v) is 6.79. The van der Waals surface area contributed by atoms with Crippen LogP contribution in [0.5, 0.6) is 5.75 Å². The highest BCUT2D eigenvalue weighted by molar-refractivity contribution is 7.89. The van der Waals surface area contributed by atoms with Crippen molar-refractivity contribution in [2.24, 2.45) is 0 Å². The number of aryl methyl sites for hydroxylation is 1. The zero-order valence-corrected chi connectivity index (χ0v) is 23.3. The highest BCUT2D eigenvalue weighted by Gasteiger charge is 2.45. The van der Waals surface area contributed by atoms with Gasteiger partial charge >= 0.3 is 6.09 Å². The van der Waals surface area contributed by atoms with Crippen LogP contribution in [-0.4, -0.2) is 53.7 Å². The first-order valence-electron chi connectivity index (χ1n) is 13.7. The first-order valence-corrected chi connectivity index (χ1v) is 15.5. The van der Waals surface area contributed by atoms with Crippen LogP contribution in [0.2, 0.25) is 0 Å². The van der Waals surface area contributed by atoms with E-state index in [-0.39, 0.29) is 28.8 Å². The van der Waals surface area contributed by atoms with Crippen LogP contribution in [0.3, 0.4) is 0 Å². The molecule has 10 heteroatoms. The number of rotatable bonds is 6. The predicted molar refractivity (Wildman–Crippen MR) is 147 cm³/mol. The van der Waals surface area contributed by atoms with Crippen molar-refractivity contribution in [1.82, 2.24) is 14.9 Å². The normalized spacial score (nSPS) is 19.0. The Bertz CT molecular complexity index is 1510. The Hall–Kier alpha value is -3.53. The molecule has 0 N–H and O–H groups in total. The van der Waals surface area contributed by atoms with Crippen LogP contribution in [-0.2, 0) is 32.5 Å². The van der Waals surface area contributed by atoms with Crippen LogP contribution in [0.15, 0.2) is 54.9 Å². The van der Waals surface area contributed by atoms with Crippen molar-refractivity contribution in [2.45, 2.75) is 68.2 Å². The number of amides is 1. The minimum Gasteiger partial charge on any atom is -0.487 e. The number of pyridine rings is 2. The molecule has 3 aromatic rings. The van der Waals surface area contributed by atoms with Gasteiger partial charge in [-0.3, -0.25) is 9.97 Å². The van der Waals surface area contributed by atoms with Crippen LogP contribution in [0.1, 0.15) is 55.8 Å². The molecule has 40 heavy (non-hydrogen) atoms. The number of hydrogen-bond donors (Lipinski definition) is 0. The fraction of sp³-hybridized carbons (Fsp3) is 0.433. The van der Waals surface area contributed by atoms with E-state index in [1.165, 1.54) is 12.1 Å². The van der Waals surface area contributed by atoms with Crippen molar-refractivity contribution in [3.8, 4) is 17.0 Å². The van der Waals surface area contributed by atoms with E-state index in [0.29, 0.717) is 24.3 Å². The third kappa shape index (κ3) is 5.96. The van der Waals surface area contributed by atoms with Crippen molar-refractivity contribution in [2.75, 3.05) is 13.1 Å². The molecule has 0 unspecified atom stereocenters. The van der Waals surface area contributed by atoms with E-state index in [2.05, 4.69) is 16.0 Å². The summed E-state index contributed by atoms with van der Waals surface area (Å²) in [6.45, 7) is 3.25. The first kappa shape index (κ1) is 26.7. The predicted octanol–water partition coefficient (Wildman–Crippen LogP) is 5.25. The highest BCUT2D eigenvalue weighted by Crippen LogP contribution is 2.42. The van der Waals surface area contributed by atoms with Gasteiger partial charge in [0.25, 0.3) is 0 Å². The zero-order chi connectivity index (χ0) is 28.0. The number of carbonyl (C=O) groups excluding carboxylic acids is 1. The van der Waals surface area contributed by atoms with Crippen LogP contribution in [0.4, 0.5) is 9.18 Å². The molecular formula is C30H32FN3O5S. The second-order valence-corrected chi connectivity index (χ2v) is 13.5. The Kier molecular flexibility index (Phi) is 6.76. The van der Waals surface area contributed by atoms with Gasteiger partial charge in [-0.1, -0.05) is 6.07 Å². The average molecular weight is 566 g/mol. The molecule has 2 aromatic heterocycles. The molecule has 1 aliphatic carbocycles. The molecule has 3 aliphatic rings. The first-order chi connectivity index (χ1) is 19.1. The van der Waals surface area contributed by atoms with Gasteiger partial charge < -0.3 is 14.4 Å². The van der Waals surface area contributed by atoms with E-state index >= 15 is 0 Å². The maximum atomic E-state index is 13.1. The second kappa shape index (κ2) is 10.1. The Balaban J connectivity index is 1.07. The summed E-state index contributed by atoms with van der Waals surface area (Å²) in [7, 11) is -3.49. The quantitative estimate of drug-likeness (QED) is 0.403. The van der Waals surface area contributed by atoms with Gasteiger partial charge in [-0.25, -0.2) is 17.6 Å². The number of aromatic nitrogens is 2. The molecule has 4 heterocycles. The Labute approximate surface area is 233 Å². The molecule has 2 aliphatic heterocycles. The maximum Gasteiger partial charge on any atom is 0.410 e. The third-order valence-electron chi connectivity index (χ3n) is 8.12. The number of piperidine rings is 1. The van der Waals surface area contributed by atoms with Gasteiger partial charge in [0.1, 0.15) is 22.8 Å². The van der Waals surface area contributed by atoms with Crippen molar-refractivity contribution >= 4 is 15.9 Å². The van der Waals surface area contributed by atoms with E-state index in [1.807, 2.05) is 25.1 Å². The number of fused-ring (bicyclic) bond motifs is 1. The van der Waals surface area contributed by atoms with Crippen LogP contribution >= 0.6 is 0 Å². The van der Waals surface area contributed by atoms with E-state index in [4.69, 9.17) is 9.47 Å². The summed E-state index contributed by atoms with van der Waals surface area (Å²) < 4.78 is 50.4. The average Bonchev–Trinajstić information content (AvgIpc) is 3.66. The molecule has 0 bridgehead atoms. The van der Waals surface area contributed by atoms with Gasteiger partial charge in [0.2, 0.25) is 0 Å². The number of sulfone groups is 1. The topological polar surface area (TPSA) is 98.7 Å². The Morgan fingerprint density at radius 3 is 2.48 bits per heavy atom. The summed E-state index contributed by atoms with van der Waals surface area (Å²) in [5.74, 6) is -0.0677. The van der Waals surface area contributed by atoms with Crippen LogP contribution in [0.25, 0.3) is 11.3 Å². The van der Waals surface area contributed by atoms with Gasteiger partial charge in [0.15, 0.2) is 9.84 Å². The van der Waals surface area contributed by atoms with Gasteiger partial charge in [-0.2, -0.15) is 0 Å². The number of halogens is 1. The molecule has 1 amide bonds. The molecule has 2 fully saturated rings. The van der Waals surface area contributed by atoms with E-state index in [0.717, 1.165) is 67.3 Å². The van der Waals surface area contributed by atoms with Gasteiger partial charge in [-0.05, 0) is 80.1 Å². The number of carbonyl (C=O) groups is 1. The highest BCUT2D eigenvalue weighted by atomic mass is 32.2. The number of benzene rings is 1. The zero-order valence-electron chi connectivity index (χ0n) is 22.4. The minimum atomic E-state index is -3.49.